The van der Waals surface area contributed by atoms with E-state index in [0.717, 1.165) is 22.2 Å². The fourth-order valence-corrected chi connectivity index (χ4v) is 2.10. The number of rotatable bonds is 3. The maximum Gasteiger partial charge on any atom is 0.0900 e. The second kappa shape index (κ2) is 3.15. The molecule has 1 fully saturated rings. The molecule has 0 saturated heterocycles. The van der Waals surface area contributed by atoms with Crippen molar-refractivity contribution in [3.8, 4) is 0 Å². The number of nitrogens with zero attached hydrogens (tertiary/aromatic N) is 1. The quantitative estimate of drug-likeness (QED) is 0.780. The Morgan fingerprint density at radius 2 is 2.50 bits per heavy atom. The highest BCUT2D eigenvalue weighted by Gasteiger charge is 2.25. The van der Waals surface area contributed by atoms with Gasteiger partial charge in [-0.3, -0.25) is 0 Å². The Kier molecular flexibility index (Phi) is 2.15. The molecular formula is C9H13NOS. The van der Waals surface area contributed by atoms with Crippen LogP contribution in [0.15, 0.2) is 6.20 Å². The molecule has 0 amide bonds. The van der Waals surface area contributed by atoms with Crippen molar-refractivity contribution in [1.29, 1.82) is 0 Å². The molecule has 1 aromatic heterocycles. The molecule has 1 unspecified atom stereocenters. The van der Waals surface area contributed by atoms with Gasteiger partial charge in [0.1, 0.15) is 0 Å². The molecular weight excluding hydrogens is 170 g/mol. The SMILES string of the molecule is Cc1ncc(C(O)CC2CC2)s1. The zero-order chi connectivity index (χ0) is 8.55. The van der Waals surface area contributed by atoms with Gasteiger partial charge in [-0.15, -0.1) is 11.3 Å². The number of aliphatic hydroxyl groups is 1. The molecule has 1 aliphatic rings. The van der Waals surface area contributed by atoms with E-state index >= 15 is 0 Å². The summed E-state index contributed by atoms with van der Waals surface area (Å²) in [5, 5.41) is 10.8. The summed E-state index contributed by atoms with van der Waals surface area (Å²) in [6.45, 7) is 1.97. The van der Waals surface area contributed by atoms with Gasteiger partial charge in [-0.25, -0.2) is 4.98 Å². The standard InChI is InChI=1S/C9H13NOS/c1-6-10-5-9(12-6)8(11)4-7-2-3-7/h5,7-8,11H,2-4H2,1H3. The summed E-state index contributed by atoms with van der Waals surface area (Å²) in [6, 6.07) is 0. The Balaban J connectivity index is 1.97. The molecule has 2 nitrogen and oxygen atoms in total. The summed E-state index contributed by atoms with van der Waals surface area (Å²) < 4.78 is 0. The van der Waals surface area contributed by atoms with E-state index in [9.17, 15) is 5.11 Å². The van der Waals surface area contributed by atoms with Gasteiger partial charge in [-0.2, -0.15) is 0 Å². The maximum absolute atomic E-state index is 9.71. The van der Waals surface area contributed by atoms with E-state index in [-0.39, 0.29) is 6.10 Å². The van der Waals surface area contributed by atoms with Crippen molar-refractivity contribution < 1.29 is 5.11 Å². The van der Waals surface area contributed by atoms with E-state index < -0.39 is 0 Å². The van der Waals surface area contributed by atoms with Crippen LogP contribution >= 0.6 is 11.3 Å². The molecule has 1 heterocycles. The second-order valence-electron chi connectivity index (χ2n) is 3.48. The first-order chi connectivity index (χ1) is 5.75. The first kappa shape index (κ1) is 8.20. The van der Waals surface area contributed by atoms with Crippen molar-refractivity contribution in [1.82, 2.24) is 4.98 Å². The van der Waals surface area contributed by atoms with E-state index in [1.807, 2.05) is 6.92 Å². The van der Waals surface area contributed by atoms with Crippen LogP contribution in [0.1, 0.15) is 35.3 Å². The van der Waals surface area contributed by atoms with Gasteiger partial charge in [-0.1, -0.05) is 12.8 Å². The smallest absolute Gasteiger partial charge is 0.0900 e. The van der Waals surface area contributed by atoms with E-state index in [1.54, 1.807) is 17.5 Å². The maximum atomic E-state index is 9.71. The summed E-state index contributed by atoms with van der Waals surface area (Å²) >= 11 is 1.60. The van der Waals surface area contributed by atoms with Crippen molar-refractivity contribution >= 4 is 11.3 Å². The molecule has 1 atom stereocenters. The topological polar surface area (TPSA) is 33.1 Å². The average Bonchev–Trinajstić information content (AvgIpc) is 2.72. The van der Waals surface area contributed by atoms with E-state index in [0.29, 0.717) is 0 Å². The van der Waals surface area contributed by atoms with Crippen LogP contribution in [-0.2, 0) is 0 Å². The van der Waals surface area contributed by atoms with Gasteiger partial charge in [-0.05, 0) is 19.3 Å². The molecule has 66 valence electrons. The summed E-state index contributed by atoms with van der Waals surface area (Å²) in [5.74, 6) is 0.780. The van der Waals surface area contributed by atoms with Gasteiger partial charge in [0, 0.05) is 6.20 Å². The first-order valence-corrected chi connectivity index (χ1v) is 5.18. The van der Waals surface area contributed by atoms with Crippen LogP contribution in [0, 0.1) is 12.8 Å². The zero-order valence-electron chi connectivity index (χ0n) is 7.16. The van der Waals surface area contributed by atoms with Gasteiger partial charge >= 0.3 is 0 Å². The fourth-order valence-electron chi connectivity index (χ4n) is 1.32. The molecule has 1 aliphatic carbocycles. The predicted molar refractivity (Wildman–Crippen MR) is 49.2 cm³/mol. The van der Waals surface area contributed by atoms with Crippen molar-refractivity contribution in [2.24, 2.45) is 5.92 Å². The number of thiazole rings is 1. The van der Waals surface area contributed by atoms with Crippen LogP contribution in [0.3, 0.4) is 0 Å². The van der Waals surface area contributed by atoms with Crippen LogP contribution in [-0.4, -0.2) is 10.1 Å². The molecule has 0 radical (unpaired) electrons. The predicted octanol–water partition coefficient (Wildman–Crippen LogP) is 2.29. The van der Waals surface area contributed by atoms with Crippen LogP contribution < -0.4 is 0 Å². The molecule has 1 saturated carbocycles. The average molecular weight is 183 g/mol. The molecule has 0 spiro atoms. The van der Waals surface area contributed by atoms with Gasteiger partial charge in [0.15, 0.2) is 0 Å². The van der Waals surface area contributed by atoms with Crippen molar-refractivity contribution in [3.05, 3.63) is 16.1 Å². The van der Waals surface area contributed by atoms with E-state index in [2.05, 4.69) is 4.98 Å². The monoisotopic (exact) mass is 183 g/mol. The molecule has 0 aliphatic heterocycles. The molecule has 0 aromatic carbocycles. The molecule has 0 bridgehead atoms. The molecule has 2 rings (SSSR count). The lowest BCUT2D eigenvalue weighted by molar-refractivity contribution is 0.164. The number of aryl methyl sites for hydroxylation is 1. The van der Waals surface area contributed by atoms with Gasteiger partial charge < -0.3 is 5.11 Å². The normalized spacial score (nSPS) is 19.5. The number of hydrogen-bond acceptors (Lipinski definition) is 3. The second-order valence-corrected chi connectivity index (χ2v) is 4.74. The van der Waals surface area contributed by atoms with Gasteiger partial charge in [0.25, 0.3) is 0 Å². The minimum absolute atomic E-state index is 0.260. The molecule has 1 N–H and O–H groups in total. The minimum Gasteiger partial charge on any atom is -0.388 e. The Bertz CT molecular complexity index is 267. The lowest BCUT2D eigenvalue weighted by Gasteiger charge is -2.04. The lowest BCUT2D eigenvalue weighted by Crippen LogP contribution is -1.94. The third kappa shape index (κ3) is 1.84. The summed E-state index contributed by atoms with van der Waals surface area (Å²) in [4.78, 5) is 5.15. The van der Waals surface area contributed by atoms with Crippen molar-refractivity contribution in [2.75, 3.05) is 0 Å². The Morgan fingerprint density at radius 1 is 1.75 bits per heavy atom. The highest BCUT2D eigenvalue weighted by molar-refractivity contribution is 7.11. The fraction of sp³-hybridized carbons (Fsp3) is 0.667. The van der Waals surface area contributed by atoms with Gasteiger partial charge in [0.05, 0.1) is 16.0 Å². The number of aliphatic hydroxyl groups excluding tert-OH is 1. The van der Waals surface area contributed by atoms with Crippen LogP contribution in [0.5, 0.6) is 0 Å². The highest BCUT2D eigenvalue weighted by atomic mass is 32.1. The third-order valence-electron chi connectivity index (χ3n) is 2.22. The van der Waals surface area contributed by atoms with Crippen LogP contribution in [0.4, 0.5) is 0 Å². The summed E-state index contributed by atoms with van der Waals surface area (Å²) in [7, 11) is 0. The Morgan fingerprint density at radius 3 is 3.00 bits per heavy atom. The molecule has 3 heteroatoms. The molecule has 1 aromatic rings. The van der Waals surface area contributed by atoms with Crippen molar-refractivity contribution in [2.45, 2.75) is 32.3 Å². The zero-order valence-corrected chi connectivity index (χ0v) is 7.97. The van der Waals surface area contributed by atoms with Crippen LogP contribution in [0.25, 0.3) is 0 Å². The Hall–Kier alpha value is -0.410. The third-order valence-corrected chi connectivity index (χ3v) is 3.24. The molecule has 12 heavy (non-hydrogen) atoms. The largest absolute Gasteiger partial charge is 0.388 e. The first-order valence-electron chi connectivity index (χ1n) is 4.36. The lowest BCUT2D eigenvalue weighted by atomic mass is 10.1. The summed E-state index contributed by atoms with van der Waals surface area (Å²) in [6.07, 6.45) is 5.07. The minimum atomic E-state index is -0.260. The number of aromatic nitrogens is 1. The van der Waals surface area contributed by atoms with E-state index in [1.165, 1.54) is 12.8 Å². The van der Waals surface area contributed by atoms with Gasteiger partial charge in [0.2, 0.25) is 0 Å². The summed E-state index contributed by atoms with van der Waals surface area (Å²) in [5.41, 5.74) is 0. The Labute approximate surface area is 76.3 Å². The van der Waals surface area contributed by atoms with E-state index in [4.69, 9.17) is 0 Å². The highest BCUT2D eigenvalue weighted by Crippen LogP contribution is 2.38. The van der Waals surface area contributed by atoms with Crippen molar-refractivity contribution in [3.63, 3.8) is 0 Å². The van der Waals surface area contributed by atoms with Crippen LogP contribution in [0.2, 0.25) is 0 Å². The number of hydrogen-bond donors (Lipinski definition) is 1.